The quantitative estimate of drug-likeness (QED) is 0.698. The molecule has 122 valence electrons. The standard InChI is InChI=1S/C18H27NO3/c1-3-16(11-7-8-14(2)17(21)13-20)18(22)19-12-15-9-5-4-6-10-15/h4-6,9-10,14,16,20H,3,7-8,11-13H2,1-2H3,(H,19,22). The van der Waals surface area contributed by atoms with Gasteiger partial charge in [-0.15, -0.1) is 0 Å². The fraction of sp³-hybridized carbons (Fsp3) is 0.556. The number of aliphatic hydroxyl groups is 1. The molecule has 0 aliphatic heterocycles. The summed E-state index contributed by atoms with van der Waals surface area (Å²) in [6.45, 7) is 4.00. The summed E-state index contributed by atoms with van der Waals surface area (Å²) in [5.74, 6) is -0.191. The zero-order valence-electron chi connectivity index (χ0n) is 13.5. The van der Waals surface area contributed by atoms with E-state index in [4.69, 9.17) is 5.11 Å². The highest BCUT2D eigenvalue weighted by atomic mass is 16.3. The lowest BCUT2D eigenvalue weighted by atomic mass is 9.93. The van der Waals surface area contributed by atoms with Gasteiger partial charge in [0.25, 0.3) is 0 Å². The third kappa shape index (κ3) is 6.39. The van der Waals surface area contributed by atoms with E-state index in [-0.39, 0.29) is 23.5 Å². The van der Waals surface area contributed by atoms with Crippen molar-refractivity contribution in [1.82, 2.24) is 5.32 Å². The van der Waals surface area contributed by atoms with E-state index in [2.05, 4.69) is 5.32 Å². The van der Waals surface area contributed by atoms with Crippen molar-refractivity contribution >= 4 is 11.7 Å². The van der Waals surface area contributed by atoms with E-state index in [0.29, 0.717) is 6.54 Å². The first-order chi connectivity index (χ1) is 10.6. The Hall–Kier alpha value is -1.68. The van der Waals surface area contributed by atoms with Crippen molar-refractivity contribution in [3.8, 4) is 0 Å². The van der Waals surface area contributed by atoms with Crippen molar-refractivity contribution < 1.29 is 14.7 Å². The molecule has 2 atom stereocenters. The smallest absolute Gasteiger partial charge is 0.223 e. The average molecular weight is 305 g/mol. The number of carbonyl (C=O) groups excluding carboxylic acids is 2. The number of amides is 1. The highest BCUT2D eigenvalue weighted by Gasteiger charge is 2.17. The maximum atomic E-state index is 12.2. The van der Waals surface area contributed by atoms with Crippen LogP contribution in [-0.2, 0) is 16.1 Å². The van der Waals surface area contributed by atoms with Crippen LogP contribution in [-0.4, -0.2) is 23.4 Å². The van der Waals surface area contributed by atoms with Crippen LogP contribution >= 0.6 is 0 Å². The Morgan fingerprint density at radius 3 is 2.45 bits per heavy atom. The van der Waals surface area contributed by atoms with Gasteiger partial charge in [0.2, 0.25) is 5.91 Å². The predicted molar refractivity (Wildman–Crippen MR) is 87.2 cm³/mol. The van der Waals surface area contributed by atoms with Crippen LogP contribution in [0.5, 0.6) is 0 Å². The predicted octanol–water partition coefficient (Wildman–Crippen LogP) is 2.70. The Bertz CT molecular complexity index is 459. The molecular formula is C18H27NO3. The second-order valence-electron chi connectivity index (χ2n) is 5.76. The van der Waals surface area contributed by atoms with Crippen molar-refractivity contribution in [3.05, 3.63) is 35.9 Å². The highest BCUT2D eigenvalue weighted by molar-refractivity contribution is 5.81. The van der Waals surface area contributed by atoms with E-state index in [1.807, 2.05) is 44.2 Å². The second-order valence-corrected chi connectivity index (χ2v) is 5.76. The largest absolute Gasteiger partial charge is 0.389 e. The third-order valence-electron chi connectivity index (χ3n) is 4.07. The molecule has 0 spiro atoms. The first kappa shape index (κ1) is 18.4. The van der Waals surface area contributed by atoms with E-state index < -0.39 is 6.61 Å². The Balaban J connectivity index is 2.33. The van der Waals surface area contributed by atoms with Crippen LogP contribution in [0.25, 0.3) is 0 Å². The Morgan fingerprint density at radius 2 is 1.86 bits per heavy atom. The Kier molecular flexibility index (Phi) is 8.44. The van der Waals surface area contributed by atoms with Gasteiger partial charge in [-0.25, -0.2) is 0 Å². The normalized spacial score (nSPS) is 13.4. The number of ketones is 1. The zero-order valence-corrected chi connectivity index (χ0v) is 13.5. The number of benzene rings is 1. The van der Waals surface area contributed by atoms with Gasteiger partial charge in [0.05, 0.1) is 0 Å². The molecule has 2 N–H and O–H groups in total. The van der Waals surface area contributed by atoms with Gasteiger partial charge in [-0.2, -0.15) is 0 Å². The van der Waals surface area contributed by atoms with Crippen LogP contribution < -0.4 is 5.32 Å². The molecular weight excluding hydrogens is 278 g/mol. The van der Waals surface area contributed by atoms with E-state index in [0.717, 1.165) is 31.2 Å². The van der Waals surface area contributed by atoms with Crippen LogP contribution in [0.3, 0.4) is 0 Å². The van der Waals surface area contributed by atoms with Gasteiger partial charge in [0.1, 0.15) is 6.61 Å². The fourth-order valence-corrected chi connectivity index (χ4v) is 2.44. The van der Waals surface area contributed by atoms with E-state index in [9.17, 15) is 9.59 Å². The van der Waals surface area contributed by atoms with Gasteiger partial charge in [-0.1, -0.05) is 50.6 Å². The summed E-state index contributed by atoms with van der Waals surface area (Å²) in [7, 11) is 0. The molecule has 0 aliphatic carbocycles. The summed E-state index contributed by atoms with van der Waals surface area (Å²) in [5.41, 5.74) is 1.09. The number of nitrogens with one attached hydrogen (secondary N) is 1. The molecule has 0 fully saturated rings. The SMILES string of the molecule is CCC(CCCC(C)C(=O)CO)C(=O)NCc1ccccc1. The maximum Gasteiger partial charge on any atom is 0.223 e. The van der Waals surface area contributed by atoms with Crippen LogP contribution in [0.2, 0.25) is 0 Å². The highest BCUT2D eigenvalue weighted by Crippen LogP contribution is 2.17. The molecule has 4 nitrogen and oxygen atoms in total. The first-order valence-corrected chi connectivity index (χ1v) is 8.03. The van der Waals surface area contributed by atoms with Crippen LogP contribution in [0.15, 0.2) is 30.3 Å². The third-order valence-corrected chi connectivity index (χ3v) is 4.07. The van der Waals surface area contributed by atoms with Gasteiger partial charge in [-0.3, -0.25) is 9.59 Å². The molecule has 0 bridgehead atoms. The summed E-state index contributed by atoms with van der Waals surface area (Å²) in [6, 6.07) is 9.85. The summed E-state index contributed by atoms with van der Waals surface area (Å²) in [4.78, 5) is 23.5. The minimum absolute atomic E-state index is 0.0138. The molecule has 0 radical (unpaired) electrons. The van der Waals surface area contributed by atoms with E-state index in [1.165, 1.54) is 0 Å². The topological polar surface area (TPSA) is 66.4 Å². The molecule has 0 aliphatic rings. The molecule has 0 aromatic heterocycles. The van der Waals surface area contributed by atoms with Crippen molar-refractivity contribution in [2.75, 3.05) is 6.61 Å². The van der Waals surface area contributed by atoms with Gasteiger partial charge >= 0.3 is 0 Å². The van der Waals surface area contributed by atoms with Crippen molar-refractivity contribution in [1.29, 1.82) is 0 Å². The second kappa shape index (κ2) is 10.1. The summed E-state index contributed by atoms with van der Waals surface area (Å²) >= 11 is 0. The molecule has 0 saturated heterocycles. The first-order valence-electron chi connectivity index (χ1n) is 8.03. The van der Waals surface area contributed by atoms with Gasteiger partial charge < -0.3 is 10.4 Å². The number of hydrogen-bond donors (Lipinski definition) is 2. The molecule has 4 heteroatoms. The Morgan fingerprint density at radius 1 is 1.18 bits per heavy atom. The lowest BCUT2D eigenvalue weighted by molar-refractivity contribution is -0.125. The molecule has 22 heavy (non-hydrogen) atoms. The minimum Gasteiger partial charge on any atom is -0.389 e. The summed E-state index contributed by atoms with van der Waals surface area (Å²) in [6.07, 6.45) is 3.12. The molecule has 0 saturated carbocycles. The summed E-state index contributed by atoms with van der Waals surface area (Å²) in [5, 5.41) is 11.8. The molecule has 1 rings (SSSR count). The van der Waals surface area contributed by atoms with Crippen LogP contribution in [0, 0.1) is 11.8 Å². The molecule has 2 unspecified atom stereocenters. The number of carbonyl (C=O) groups is 2. The molecule has 1 amide bonds. The lowest BCUT2D eigenvalue weighted by Gasteiger charge is -2.16. The maximum absolute atomic E-state index is 12.2. The number of Topliss-reactive ketones (excluding diaryl/α,β-unsaturated/α-hetero) is 1. The lowest BCUT2D eigenvalue weighted by Crippen LogP contribution is -2.30. The minimum atomic E-state index is -0.393. The van der Waals surface area contributed by atoms with Gasteiger partial charge in [0, 0.05) is 18.4 Å². The number of hydrogen-bond acceptors (Lipinski definition) is 3. The fourth-order valence-electron chi connectivity index (χ4n) is 2.44. The molecule has 0 heterocycles. The van der Waals surface area contributed by atoms with Crippen LogP contribution in [0.1, 0.15) is 45.1 Å². The van der Waals surface area contributed by atoms with Crippen LogP contribution in [0.4, 0.5) is 0 Å². The summed E-state index contributed by atoms with van der Waals surface area (Å²) < 4.78 is 0. The monoisotopic (exact) mass is 305 g/mol. The number of rotatable bonds is 10. The Labute approximate surface area is 132 Å². The van der Waals surface area contributed by atoms with Gasteiger partial charge in [0.15, 0.2) is 5.78 Å². The van der Waals surface area contributed by atoms with E-state index >= 15 is 0 Å². The zero-order chi connectivity index (χ0) is 16.4. The van der Waals surface area contributed by atoms with Gasteiger partial charge in [-0.05, 0) is 24.8 Å². The van der Waals surface area contributed by atoms with E-state index in [1.54, 1.807) is 0 Å². The van der Waals surface area contributed by atoms with Crippen molar-refractivity contribution in [2.45, 2.75) is 46.1 Å². The molecule has 1 aromatic carbocycles. The number of aliphatic hydroxyl groups excluding tert-OH is 1. The average Bonchev–Trinajstić information content (AvgIpc) is 2.56. The van der Waals surface area contributed by atoms with Crippen molar-refractivity contribution in [3.63, 3.8) is 0 Å². The molecule has 1 aromatic rings. The van der Waals surface area contributed by atoms with Crippen molar-refractivity contribution in [2.24, 2.45) is 11.8 Å².